The van der Waals surface area contributed by atoms with E-state index in [9.17, 15) is 5.11 Å². The van der Waals surface area contributed by atoms with E-state index in [1.165, 1.54) is 11.1 Å². The van der Waals surface area contributed by atoms with Crippen LogP contribution in [0.15, 0.2) is 18.2 Å². The molecule has 1 aromatic carbocycles. The Morgan fingerprint density at radius 1 is 1.29 bits per heavy atom. The van der Waals surface area contributed by atoms with Gasteiger partial charge in [-0.25, -0.2) is 0 Å². The Hall–Kier alpha value is -0.860. The van der Waals surface area contributed by atoms with Crippen LogP contribution in [0.4, 0.5) is 0 Å². The zero-order chi connectivity index (χ0) is 13.1. The second-order valence-corrected chi connectivity index (χ2v) is 5.38. The van der Waals surface area contributed by atoms with E-state index in [4.69, 9.17) is 0 Å². The number of rotatable bonds is 5. The molecule has 17 heavy (non-hydrogen) atoms. The SMILES string of the molecule is Cc1cccc(C(C)(O)CCNC(C)C)c1C. The molecule has 96 valence electrons. The van der Waals surface area contributed by atoms with Crippen LogP contribution in [-0.4, -0.2) is 17.7 Å². The molecule has 0 radical (unpaired) electrons. The van der Waals surface area contributed by atoms with Crippen molar-refractivity contribution in [2.24, 2.45) is 0 Å². The smallest absolute Gasteiger partial charge is 0.0883 e. The number of aliphatic hydroxyl groups is 1. The van der Waals surface area contributed by atoms with Crippen LogP contribution in [0.2, 0.25) is 0 Å². The highest BCUT2D eigenvalue weighted by atomic mass is 16.3. The van der Waals surface area contributed by atoms with E-state index in [0.29, 0.717) is 6.04 Å². The lowest BCUT2D eigenvalue weighted by Crippen LogP contribution is -2.31. The van der Waals surface area contributed by atoms with Crippen LogP contribution in [-0.2, 0) is 5.60 Å². The molecule has 1 rings (SSSR count). The topological polar surface area (TPSA) is 32.3 Å². The van der Waals surface area contributed by atoms with Gasteiger partial charge < -0.3 is 10.4 Å². The summed E-state index contributed by atoms with van der Waals surface area (Å²) in [6.07, 6.45) is 0.732. The molecule has 1 atom stereocenters. The molecule has 2 nitrogen and oxygen atoms in total. The van der Waals surface area contributed by atoms with Gasteiger partial charge in [-0.2, -0.15) is 0 Å². The highest BCUT2D eigenvalue weighted by Gasteiger charge is 2.24. The minimum Gasteiger partial charge on any atom is -0.385 e. The van der Waals surface area contributed by atoms with Gasteiger partial charge in [0.15, 0.2) is 0 Å². The van der Waals surface area contributed by atoms with E-state index >= 15 is 0 Å². The second-order valence-electron chi connectivity index (χ2n) is 5.38. The number of aryl methyl sites for hydroxylation is 1. The van der Waals surface area contributed by atoms with Crippen LogP contribution in [0.3, 0.4) is 0 Å². The van der Waals surface area contributed by atoms with Gasteiger partial charge in [-0.1, -0.05) is 32.0 Å². The minimum atomic E-state index is -0.752. The summed E-state index contributed by atoms with van der Waals surface area (Å²) in [6, 6.07) is 6.59. The first-order valence-corrected chi connectivity index (χ1v) is 6.37. The number of hydrogen-bond acceptors (Lipinski definition) is 2. The van der Waals surface area contributed by atoms with E-state index in [2.05, 4.69) is 39.1 Å². The Kier molecular flexibility index (Phi) is 4.72. The van der Waals surface area contributed by atoms with E-state index in [1.54, 1.807) is 0 Å². The monoisotopic (exact) mass is 235 g/mol. The number of benzene rings is 1. The van der Waals surface area contributed by atoms with E-state index in [0.717, 1.165) is 18.5 Å². The zero-order valence-electron chi connectivity index (χ0n) is 11.7. The molecule has 0 saturated carbocycles. The minimum absolute atomic E-state index is 0.462. The average Bonchev–Trinajstić information content (AvgIpc) is 2.21. The highest BCUT2D eigenvalue weighted by molar-refractivity contribution is 5.36. The Bertz CT molecular complexity index is 369. The number of hydrogen-bond donors (Lipinski definition) is 2. The van der Waals surface area contributed by atoms with E-state index in [1.807, 2.05) is 19.1 Å². The molecule has 0 aromatic heterocycles. The lowest BCUT2D eigenvalue weighted by molar-refractivity contribution is 0.0468. The Balaban J connectivity index is 2.78. The standard InChI is InChI=1S/C15H25NO/c1-11(2)16-10-9-15(5,17)14-8-6-7-12(3)13(14)4/h6-8,11,16-17H,9-10H2,1-5H3. The van der Waals surface area contributed by atoms with Gasteiger partial charge in [0.05, 0.1) is 5.60 Å². The first-order valence-electron chi connectivity index (χ1n) is 6.37. The van der Waals surface area contributed by atoms with Crippen LogP contribution < -0.4 is 5.32 Å². The largest absolute Gasteiger partial charge is 0.385 e. The van der Waals surface area contributed by atoms with Crippen LogP contribution in [0.25, 0.3) is 0 Å². The van der Waals surface area contributed by atoms with Gasteiger partial charge in [0, 0.05) is 6.04 Å². The van der Waals surface area contributed by atoms with Gasteiger partial charge in [-0.15, -0.1) is 0 Å². The molecule has 0 amide bonds. The van der Waals surface area contributed by atoms with Gasteiger partial charge in [-0.3, -0.25) is 0 Å². The maximum absolute atomic E-state index is 10.6. The third-order valence-electron chi connectivity index (χ3n) is 3.35. The lowest BCUT2D eigenvalue weighted by Gasteiger charge is -2.27. The molecule has 2 heteroatoms. The molecule has 0 aliphatic rings. The highest BCUT2D eigenvalue weighted by Crippen LogP contribution is 2.28. The summed E-state index contributed by atoms with van der Waals surface area (Å²) in [7, 11) is 0. The summed E-state index contributed by atoms with van der Waals surface area (Å²) in [4.78, 5) is 0. The predicted octanol–water partition coefficient (Wildman–Crippen LogP) is 2.90. The van der Waals surface area contributed by atoms with Crippen LogP contribution >= 0.6 is 0 Å². The fraction of sp³-hybridized carbons (Fsp3) is 0.600. The van der Waals surface area contributed by atoms with Crippen molar-refractivity contribution < 1.29 is 5.11 Å². The predicted molar refractivity (Wildman–Crippen MR) is 73.2 cm³/mol. The first-order chi connectivity index (χ1) is 7.84. The molecule has 2 N–H and O–H groups in total. The van der Waals surface area contributed by atoms with Crippen LogP contribution in [0, 0.1) is 13.8 Å². The van der Waals surface area contributed by atoms with E-state index in [-0.39, 0.29) is 0 Å². The number of nitrogens with one attached hydrogen (secondary N) is 1. The van der Waals surface area contributed by atoms with Crippen molar-refractivity contribution in [1.82, 2.24) is 5.32 Å². The molecule has 0 aliphatic heterocycles. The molecular weight excluding hydrogens is 210 g/mol. The molecule has 0 heterocycles. The van der Waals surface area contributed by atoms with E-state index < -0.39 is 5.60 Å². The molecule has 0 aliphatic carbocycles. The summed E-state index contributed by atoms with van der Waals surface area (Å²) >= 11 is 0. The molecule has 1 unspecified atom stereocenters. The van der Waals surface area contributed by atoms with Crippen molar-refractivity contribution >= 4 is 0 Å². The molecule has 1 aromatic rings. The van der Waals surface area contributed by atoms with Crippen LogP contribution in [0.5, 0.6) is 0 Å². The summed E-state index contributed by atoms with van der Waals surface area (Å²) < 4.78 is 0. The van der Waals surface area contributed by atoms with Gasteiger partial charge in [0.2, 0.25) is 0 Å². The molecule has 0 bridgehead atoms. The van der Waals surface area contributed by atoms with Crippen molar-refractivity contribution in [1.29, 1.82) is 0 Å². The van der Waals surface area contributed by atoms with Crippen molar-refractivity contribution in [3.8, 4) is 0 Å². The van der Waals surface area contributed by atoms with Crippen molar-refractivity contribution in [3.05, 3.63) is 34.9 Å². The fourth-order valence-corrected chi connectivity index (χ4v) is 2.07. The Labute approximate surface area is 105 Å². The van der Waals surface area contributed by atoms with Gasteiger partial charge in [-0.05, 0) is 50.4 Å². The summed E-state index contributed by atoms with van der Waals surface area (Å²) in [6.45, 7) is 11.1. The lowest BCUT2D eigenvalue weighted by atomic mass is 9.87. The van der Waals surface area contributed by atoms with Gasteiger partial charge in [0.25, 0.3) is 0 Å². The molecule has 0 fully saturated rings. The maximum atomic E-state index is 10.6. The quantitative estimate of drug-likeness (QED) is 0.822. The molecular formula is C15H25NO. The molecule has 0 saturated heterocycles. The van der Waals surface area contributed by atoms with Gasteiger partial charge >= 0.3 is 0 Å². The zero-order valence-corrected chi connectivity index (χ0v) is 11.7. The maximum Gasteiger partial charge on any atom is 0.0883 e. The fourth-order valence-electron chi connectivity index (χ4n) is 2.07. The van der Waals surface area contributed by atoms with Crippen LogP contribution in [0.1, 0.15) is 43.9 Å². The third-order valence-corrected chi connectivity index (χ3v) is 3.35. The third kappa shape index (κ3) is 3.83. The second kappa shape index (κ2) is 5.65. The average molecular weight is 235 g/mol. The Morgan fingerprint density at radius 2 is 1.94 bits per heavy atom. The summed E-state index contributed by atoms with van der Waals surface area (Å²) in [5.41, 5.74) is 2.72. The normalized spacial score (nSPS) is 15.0. The molecule has 0 spiro atoms. The van der Waals surface area contributed by atoms with Gasteiger partial charge in [0.1, 0.15) is 0 Å². The van der Waals surface area contributed by atoms with Crippen molar-refractivity contribution in [2.75, 3.05) is 6.54 Å². The first kappa shape index (κ1) is 14.2. The Morgan fingerprint density at radius 3 is 2.53 bits per heavy atom. The van der Waals surface area contributed by atoms with Crippen molar-refractivity contribution in [3.63, 3.8) is 0 Å². The summed E-state index contributed by atoms with van der Waals surface area (Å²) in [5, 5.41) is 13.9. The summed E-state index contributed by atoms with van der Waals surface area (Å²) in [5.74, 6) is 0. The van der Waals surface area contributed by atoms with Crippen molar-refractivity contribution in [2.45, 2.75) is 52.7 Å².